The van der Waals surface area contributed by atoms with Crippen LogP contribution in [0.2, 0.25) is 0 Å². The molecule has 0 aliphatic heterocycles. The van der Waals surface area contributed by atoms with Crippen molar-refractivity contribution in [2.24, 2.45) is 7.05 Å². The molecule has 0 radical (unpaired) electrons. The molecule has 0 saturated heterocycles. The Morgan fingerprint density at radius 1 is 1.17 bits per heavy atom. The molecule has 0 spiro atoms. The Kier molecular flexibility index (Phi) is 6.87. The van der Waals surface area contributed by atoms with E-state index >= 15 is 0 Å². The quantitative estimate of drug-likeness (QED) is 0.354. The molecule has 0 bridgehead atoms. The van der Waals surface area contributed by atoms with Crippen molar-refractivity contribution in [2.45, 2.75) is 19.0 Å². The van der Waals surface area contributed by atoms with Crippen LogP contribution in [0.25, 0.3) is 10.9 Å². The highest BCUT2D eigenvalue weighted by atomic mass is 19.1. The van der Waals surface area contributed by atoms with Crippen molar-refractivity contribution >= 4 is 22.8 Å². The van der Waals surface area contributed by atoms with E-state index in [1.54, 1.807) is 37.1 Å². The number of methoxy groups -OCH3 is 1. The van der Waals surface area contributed by atoms with Gasteiger partial charge in [0.25, 0.3) is 5.91 Å². The van der Waals surface area contributed by atoms with Crippen LogP contribution < -0.4 is 15.4 Å². The molecular weight excluding hydrogens is 458 g/mol. The average Bonchev–Trinajstić information content (AvgIpc) is 3.27. The van der Waals surface area contributed by atoms with E-state index in [1.807, 2.05) is 0 Å². The van der Waals surface area contributed by atoms with Gasteiger partial charge in [-0.2, -0.15) is 5.10 Å². The van der Waals surface area contributed by atoms with Gasteiger partial charge in [0.05, 0.1) is 36.9 Å². The number of hydrogen-bond donors (Lipinski definition) is 3. The molecule has 1 amide bonds. The maximum absolute atomic E-state index is 14.8. The summed E-state index contributed by atoms with van der Waals surface area (Å²) >= 11 is 0. The summed E-state index contributed by atoms with van der Waals surface area (Å²) in [5.74, 6) is -1.58. The molecule has 4 aromatic rings. The Hall–Kier alpha value is -4.12. The second-order valence-corrected chi connectivity index (χ2v) is 8.06. The predicted molar refractivity (Wildman–Crippen MR) is 125 cm³/mol. The molecule has 2 heterocycles. The third-order valence-corrected chi connectivity index (χ3v) is 5.40. The van der Waals surface area contributed by atoms with Gasteiger partial charge in [0, 0.05) is 36.6 Å². The molecule has 2 aromatic heterocycles. The zero-order valence-electron chi connectivity index (χ0n) is 19.3. The first-order chi connectivity index (χ1) is 16.8. The van der Waals surface area contributed by atoms with Crippen LogP contribution in [0.15, 0.2) is 48.9 Å². The summed E-state index contributed by atoms with van der Waals surface area (Å²) in [7, 11) is 3.08. The number of aliphatic hydroxyl groups is 1. The number of rotatable bonds is 8. The first kappa shape index (κ1) is 24.0. The van der Waals surface area contributed by atoms with Gasteiger partial charge in [-0.15, -0.1) is 0 Å². The van der Waals surface area contributed by atoms with Gasteiger partial charge in [0.1, 0.15) is 5.82 Å². The van der Waals surface area contributed by atoms with E-state index in [2.05, 4.69) is 25.7 Å². The number of aryl methyl sites for hydroxylation is 1. The van der Waals surface area contributed by atoms with Gasteiger partial charge in [-0.3, -0.25) is 9.48 Å². The van der Waals surface area contributed by atoms with Crippen molar-refractivity contribution in [1.29, 1.82) is 0 Å². The lowest BCUT2D eigenvalue weighted by atomic mass is 10.0. The van der Waals surface area contributed by atoms with E-state index in [9.17, 15) is 18.7 Å². The van der Waals surface area contributed by atoms with E-state index in [0.717, 1.165) is 6.07 Å². The van der Waals surface area contributed by atoms with Gasteiger partial charge in [-0.1, -0.05) is 6.07 Å². The summed E-state index contributed by atoms with van der Waals surface area (Å²) in [5, 5.41) is 19.2. The summed E-state index contributed by atoms with van der Waals surface area (Å²) in [6.45, 7) is 1.60. The molecule has 0 aliphatic carbocycles. The number of aliphatic hydroxyl groups excluding tert-OH is 1. The second-order valence-electron chi connectivity index (χ2n) is 8.06. The second kappa shape index (κ2) is 10.0. The van der Waals surface area contributed by atoms with E-state index in [1.165, 1.54) is 31.5 Å². The minimum absolute atomic E-state index is 0.0257. The normalized spacial score (nSPS) is 12.9. The number of nitrogens with one attached hydrogen (secondary N) is 2. The van der Waals surface area contributed by atoms with Crippen LogP contribution in [0.5, 0.6) is 5.75 Å². The molecule has 182 valence electrons. The smallest absolute Gasteiger partial charge is 0.252 e. The van der Waals surface area contributed by atoms with Crippen molar-refractivity contribution in [1.82, 2.24) is 25.1 Å². The fraction of sp³-hybridized carbons (Fsp3) is 0.250. The molecular formula is C24H24F2N6O3. The number of nitrogens with zero attached hydrogens (tertiary/aromatic N) is 4. The standard InChI is InChI=1S/C24H24F2N6O3/c1-13(12-33)29-24-27-10-17-18(25)7-15(8-20(17)30-24)23(34)31-22(16-9-28-32(2)11-16)14-4-5-21(35-3)19(26)6-14/h4-11,13,22,33H,12H2,1-3H3,(H,31,34)(H,27,29,30)/t13-,22?/m0/s1. The maximum atomic E-state index is 14.8. The fourth-order valence-electron chi connectivity index (χ4n) is 3.58. The zero-order valence-corrected chi connectivity index (χ0v) is 19.3. The molecule has 3 N–H and O–H groups in total. The van der Waals surface area contributed by atoms with Crippen LogP contribution in [0.4, 0.5) is 14.7 Å². The molecule has 1 unspecified atom stereocenters. The molecule has 0 saturated carbocycles. The lowest BCUT2D eigenvalue weighted by Crippen LogP contribution is -2.29. The summed E-state index contributed by atoms with van der Waals surface area (Å²) in [6.07, 6.45) is 4.56. The van der Waals surface area contributed by atoms with E-state index in [0.29, 0.717) is 11.1 Å². The number of ether oxygens (including phenoxy) is 1. The molecule has 4 rings (SSSR count). The minimum atomic E-state index is -0.761. The van der Waals surface area contributed by atoms with Crippen LogP contribution in [-0.2, 0) is 7.05 Å². The Morgan fingerprint density at radius 3 is 2.63 bits per heavy atom. The maximum Gasteiger partial charge on any atom is 0.252 e. The van der Waals surface area contributed by atoms with E-state index in [-0.39, 0.29) is 40.8 Å². The fourth-order valence-corrected chi connectivity index (χ4v) is 3.58. The third-order valence-electron chi connectivity index (χ3n) is 5.40. The number of fused-ring (bicyclic) bond motifs is 1. The summed E-state index contributed by atoms with van der Waals surface area (Å²) in [4.78, 5) is 21.5. The predicted octanol–water partition coefficient (Wildman–Crippen LogP) is 2.96. The van der Waals surface area contributed by atoms with Crippen molar-refractivity contribution in [3.8, 4) is 5.75 Å². The molecule has 35 heavy (non-hydrogen) atoms. The van der Waals surface area contributed by atoms with Crippen molar-refractivity contribution in [3.05, 3.63) is 77.2 Å². The van der Waals surface area contributed by atoms with E-state index < -0.39 is 23.6 Å². The Morgan fingerprint density at radius 2 is 1.97 bits per heavy atom. The Bertz CT molecular complexity index is 1380. The van der Waals surface area contributed by atoms with Crippen LogP contribution >= 0.6 is 0 Å². The number of carbonyl (C=O) groups is 1. The van der Waals surface area contributed by atoms with Gasteiger partial charge in [-0.25, -0.2) is 18.7 Å². The van der Waals surface area contributed by atoms with Crippen LogP contribution in [0, 0.1) is 11.6 Å². The van der Waals surface area contributed by atoms with Gasteiger partial charge < -0.3 is 20.5 Å². The summed E-state index contributed by atoms with van der Waals surface area (Å²) < 4.78 is 35.8. The van der Waals surface area contributed by atoms with Gasteiger partial charge in [-0.05, 0) is 36.8 Å². The number of aromatic nitrogens is 4. The molecule has 0 fully saturated rings. The number of hydrogen-bond acceptors (Lipinski definition) is 7. The topological polar surface area (TPSA) is 114 Å². The first-order valence-electron chi connectivity index (χ1n) is 10.8. The average molecular weight is 482 g/mol. The van der Waals surface area contributed by atoms with Crippen molar-refractivity contribution < 1.29 is 23.4 Å². The highest BCUT2D eigenvalue weighted by Gasteiger charge is 2.22. The minimum Gasteiger partial charge on any atom is -0.494 e. The van der Waals surface area contributed by atoms with Gasteiger partial charge in [0.2, 0.25) is 5.95 Å². The van der Waals surface area contributed by atoms with Crippen LogP contribution in [-0.4, -0.2) is 50.5 Å². The zero-order chi connectivity index (χ0) is 25.1. The number of carbonyl (C=O) groups excluding carboxylic acids is 1. The van der Waals surface area contributed by atoms with Crippen LogP contribution in [0.3, 0.4) is 0 Å². The first-order valence-corrected chi connectivity index (χ1v) is 10.8. The molecule has 2 atom stereocenters. The number of benzene rings is 2. The van der Waals surface area contributed by atoms with Gasteiger partial charge >= 0.3 is 0 Å². The lowest BCUT2D eigenvalue weighted by Gasteiger charge is -2.19. The molecule has 9 nitrogen and oxygen atoms in total. The molecule has 0 aliphatic rings. The lowest BCUT2D eigenvalue weighted by molar-refractivity contribution is 0.0942. The van der Waals surface area contributed by atoms with Gasteiger partial charge in [0.15, 0.2) is 11.6 Å². The molecule has 11 heteroatoms. The third kappa shape index (κ3) is 5.19. The monoisotopic (exact) mass is 482 g/mol. The number of halogens is 2. The van der Waals surface area contributed by atoms with Crippen molar-refractivity contribution in [2.75, 3.05) is 19.0 Å². The number of anilines is 1. The largest absolute Gasteiger partial charge is 0.494 e. The van der Waals surface area contributed by atoms with Crippen molar-refractivity contribution in [3.63, 3.8) is 0 Å². The van der Waals surface area contributed by atoms with E-state index in [4.69, 9.17) is 4.74 Å². The highest BCUT2D eigenvalue weighted by molar-refractivity contribution is 5.98. The Balaban J connectivity index is 1.69. The number of amides is 1. The Labute approximate surface area is 199 Å². The molecule has 2 aromatic carbocycles. The van der Waals surface area contributed by atoms with Crippen LogP contribution in [0.1, 0.15) is 34.5 Å². The summed E-state index contributed by atoms with van der Waals surface area (Å²) in [5.41, 5.74) is 1.31. The summed E-state index contributed by atoms with van der Waals surface area (Å²) in [6, 6.07) is 5.84. The highest BCUT2D eigenvalue weighted by Crippen LogP contribution is 2.27. The SMILES string of the molecule is COc1ccc(C(NC(=O)c2cc(F)c3cnc(N[C@@H](C)CO)nc3c2)c2cnn(C)c2)cc1F.